The number of amides is 2. The Kier molecular flexibility index (Phi) is 4.96. The van der Waals surface area contributed by atoms with Crippen molar-refractivity contribution in [2.45, 2.75) is 25.8 Å². The molecule has 0 unspecified atom stereocenters. The Balaban J connectivity index is 1.43. The second-order valence-electron chi connectivity index (χ2n) is 6.78. The highest BCUT2D eigenvalue weighted by atomic mass is 16.2. The van der Waals surface area contributed by atoms with E-state index in [2.05, 4.69) is 12.2 Å². The molecule has 2 N–H and O–H groups in total. The fraction of sp³-hybridized carbons (Fsp3) is 0.556. The van der Waals surface area contributed by atoms with Crippen LogP contribution in [0.5, 0.6) is 0 Å². The van der Waals surface area contributed by atoms with Crippen LogP contribution in [-0.4, -0.2) is 55.5 Å². The number of carbonyl (C=O) groups excluding carboxylic acids is 2. The molecule has 1 aromatic rings. The number of nitrogens with one attached hydrogen (secondary N) is 2. The molecule has 0 spiro atoms. The third kappa shape index (κ3) is 4.32. The summed E-state index contributed by atoms with van der Waals surface area (Å²) in [6.45, 7) is 5.72. The van der Waals surface area contributed by atoms with Crippen molar-refractivity contribution < 1.29 is 14.5 Å². The highest BCUT2D eigenvalue weighted by Crippen LogP contribution is 2.32. The zero-order valence-corrected chi connectivity index (χ0v) is 13.8. The molecule has 23 heavy (non-hydrogen) atoms. The molecule has 1 aliphatic carbocycles. The molecule has 0 bridgehead atoms. The van der Waals surface area contributed by atoms with Crippen LogP contribution in [0.25, 0.3) is 0 Å². The molecule has 0 aromatic heterocycles. The van der Waals surface area contributed by atoms with Gasteiger partial charge in [-0.05, 0) is 37.8 Å². The lowest BCUT2D eigenvalue weighted by atomic mass is 10.2. The monoisotopic (exact) mass is 316 g/mol. The van der Waals surface area contributed by atoms with Crippen molar-refractivity contribution in [3.63, 3.8) is 0 Å². The number of benzene rings is 1. The van der Waals surface area contributed by atoms with E-state index in [1.165, 1.54) is 17.7 Å². The number of hydrogen-bond donors (Lipinski definition) is 2. The van der Waals surface area contributed by atoms with Gasteiger partial charge in [-0.25, -0.2) is 0 Å². The third-order valence-electron chi connectivity index (χ3n) is 4.91. The van der Waals surface area contributed by atoms with Crippen molar-refractivity contribution in [2.24, 2.45) is 5.92 Å². The predicted molar refractivity (Wildman–Crippen MR) is 88.2 cm³/mol. The molecule has 2 amide bonds. The summed E-state index contributed by atoms with van der Waals surface area (Å²) < 4.78 is 0. The summed E-state index contributed by atoms with van der Waals surface area (Å²) in [6, 6.07) is 9.71. The highest BCUT2D eigenvalue weighted by Gasteiger charge is 2.30. The van der Waals surface area contributed by atoms with Gasteiger partial charge < -0.3 is 15.1 Å². The number of hydrogen-bond acceptors (Lipinski definition) is 2. The Hall–Kier alpha value is -1.88. The molecule has 1 atom stereocenters. The summed E-state index contributed by atoms with van der Waals surface area (Å²) in [5, 5.41) is 3.11. The average Bonchev–Trinajstić information content (AvgIpc) is 3.40. The summed E-state index contributed by atoms with van der Waals surface area (Å²) in [5.41, 5.74) is 0.743. The lowest BCUT2D eigenvalue weighted by molar-refractivity contribution is -0.896. The molecule has 2 aliphatic rings. The van der Waals surface area contributed by atoms with Gasteiger partial charge in [-0.15, -0.1) is 0 Å². The maximum absolute atomic E-state index is 12.4. The van der Waals surface area contributed by atoms with Crippen molar-refractivity contribution in [3.05, 3.63) is 35.9 Å². The zero-order valence-electron chi connectivity index (χ0n) is 13.8. The molecule has 2 fully saturated rings. The Morgan fingerprint density at radius 2 is 1.87 bits per heavy atom. The molecule has 1 aliphatic heterocycles. The first-order valence-corrected chi connectivity index (χ1v) is 8.61. The number of piperazine rings is 1. The van der Waals surface area contributed by atoms with E-state index in [4.69, 9.17) is 0 Å². The molecule has 0 radical (unpaired) electrons. The van der Waals surface area contributed by atoms with E-state index in [0.29, 0.717) is 31.6 Å². The minimum absolute atomic E-state index is 0.0939. The van der Waals surface area contributed by atoms with Crippen LogP contribution in [0, 0.1) is 5.92 Å². The largest absolute Gasteiger partial charge is 0.348 e. The van der Waals surface area contributed by atoms with Gasteiger partial charge in [0.15, 0.2) is 6.54 Å². The van der Waals surface area contributed by atoms with Gasteiger partial charge >= 0.3 is 0 Å². The van der Waals surface area contributed by atoms with E-state index in [1.54, 1.807) is 0 Å². The van der Waals surface area contributed by atoms with Gasteiger partial charge in [0.05, 0.1) is 26.2 Å². The molecular formula is C18H26N3O2+. The molecule has 1 saturated carbocycles. The summed E-state index contributed by atoms with van der Waals surface area (Å²) in [4.78, 5) is 27.6. The molecule has 3 rings (SSSR count). The minimum atomic E-state index is 0.0939. The first-order chi connectivity index (χ1) is 11.1. The van der Waals surface area contributed by atoms with E-state index >= 15 is 0 Å². The van der Waals surface area contributed by atoms with Crippen molar-refractivity contribution in [1.82, 2.24) is 10.2 Å². The predicted octanol–water partition coefficient (Wildman–Crippen LogP) is -0.0580. The Morgan fingerprint density at radius 1 is 1.22 bits per heavy atom. The van der Waals surface area contributed by atoms with Crippen molar-refractivity contribution >= 4 is 11.8 Å². The smallest absolute Gasteiger partial charge is 0.275 e. The van der Waals surface area contributed by atoms with Crippen molar-refractivity contribution in [2.75, 3.05) is 32.7 Å². The van der Waals surface area contributed by atoms with Gasteiger partial charge in [0.2, 0.25) is 0 Å². The van der Waals surface area contributed by atoms with Gasteiger partial charge in [-0.1, -0.05) is 18.2 Å². The molecule has 1 aromatic carbocycles. The molecule has 1 heterocycles. The lowest BCUT2D eigenvalue weighted by Gasteiger charge is -2.32. The van der Waals surface area contributed by atoms with E-state index in [-0.39, 0.29) is 11.8 Å². The summed E-state index contributed by atoms with van der Waals surface area (Å²) >= 11 is 0. The summed E-state index contributed by atoms with van der Waals surface area (Å²) in [5.74, 6) is 0.924. The molecule has 124 valence electrons. The van der Waals surface area contributed by atoms with Crippen LogP contribution in [-0.2, 0) is 4.79 Å². The number of carbonyl (C=O) groups is 2. The lowest BCUT2D eigenvalue weighted by Crippen LogP contribution is -3.15. The average molecular weight is 316 g/mol. The van der Waals surface area contributed by atoms with Crippen LogP contribution in [0.3, 0.4) is 0 Å². The van der Waals surface area contributed by atoms with E-state index in [1.807, 2.05) is 35.2 Å². The fourth-order valence-corrected chi connectivity index (χ4v) is 3.21. The summed E-state index contributed by atoms with van der Waals surface area (Å²) in [7, 11) is 0. The highest BCUT2D eigenvalue weighted by molar-refractivity contribution is 5.94. The second kappa shape index (κ2) is 7.13. The Labute approximate surface area is 137 Å². The van der Waals surface area contributed by atoms with Gasteiger partial charge in [-0.3, -0.25) is 9.59 Å². The van der Waals surface area contributed by atoms with E-state index in [9.17, 15) is 9.59 Å². The topological polar surface area (TPSA) is 53.9 Å². The Morgan fingerprint density at radius 3 is 2.48 bits per heavy atom. The Bertz CT molecular complexity index is 549. The summed E-state index contributed by atoms with van der Waals surface area (Å²) in [6.07, 6.45) is 2.49. The van der Waals surface area contributed by atoms with Crippen molar-refractivity contribution in [3.8, 4) is 0 Å². The normalized spacial score (nSPS) is 20.1. The zero-order chi connectivity index (χ0) is 16.2. The van der Waals surface area contributed by atoms with E-state index in [0.717, 1.165) is 18.7 Å². The van der Waals surface area contributed by atoms with Crippen molar-refractivity contribution in [1.29, 1.82) is 0 Å². The molecular weight excluding hydrogens is 290 g/mol. The fourth-order valence-electron chi connectivity index (χ4n) is 3.21. The maximum atomic E-state index is 12.4. The number of quaternary nitrogens is 1. The van der Waals surface area contributed by atoms with E-state index < -0.39 is 0 Å². The quantitative estimate of drug-likeness (QED) is 0.800. The second-order valence-corrected chi connectivity index (χ2v) is 6.78. The SMILES string of the molecule is C[C@H](NC(=O)C[NH+]1CCN(C(=O)c2ccccc2)CC1)C1CC1. The number of rotatable bonds is 5. The van der Waals surface area contributed by atoms with Crippen LogP contribution >= 0.6 is 0 Å². The molecule has 5 nitrogen and oxygen atoms in total. The van der Waals surface area contributed by atoms with Crippen LogP contribution < -0.4 is 10.2 Å². The van der Waals surface area contributed by atoms with Crippen LogP contribution in [0.2, 0.25) is 0 Å². The number of nitrogens with zero attached hydrogens (tertiary/aromatic N) is 1. The first-order valence-electron chi connectivity index (χ1n) is 8.61. The van der Waals surface area contributed by atoms with Crippen LogP contribution in [0.1, 0.15) is 30.1 Å². The van der Waals surface area contributed by atoms with Crippen LogP contribution in [0.15, 0.2) is 30.3 Å². The third-order valence-corrected chi connectivity index (χ3v) is 4.91. The van der Waals surface area contributed by atoms with Crippen LogP contribution in [0.4, 0.5) is 0 Å². The van der Waals surface area contributed by atoms with Gasteiger partial charge in [-0.2, -0.15) is 0 Å². The first kappa shape index (κ1) is 16.0. The van der Waals surface area contributed by atoms with Gasteiger partial charge in [0.1, 0.15) is 0 Å². The standard InChI is InChI=1S/C18H25N3O2/c1-14(15-7-8-15)19-17(22)13-20-9-11-21(12-10-20)18(23)16-5-3-2-4-6-16/h2-6,14-15H,7-13H2,1H3,(H,19,22)/p+1/t14-/m0/s1. The maximum Gasteiger partial charge on any atom is 0.275 e. The molecule has 5 heteroatoms. The van der Waals surface area contributed by atoms with Gasteiger partial charge in [0.25, 0.3) is 11.8 Å². The minimum Gasteiger partial charge on any atom is -0.348 e. The van der Waals surface area contributed by atoms with Gasteiger partial charge in [0, 0.05) is 11.6 Å². The molecule has 1 saturated heterocycles.